The van der Waals surface area contributed by atoms with Crippen molar-refractivity contribution >= 4 is 17.4 Å². The number of methoxy groups -OCH3 is 2. The Balaban J connectivity index is 1.62. The first-order valence-electron chi connectivity index (χ1n) is 11.1. The lowest BCUT2D eigenvalue weighted by molar-refractivity contribution is -0.0178. The van der Waals surface area contributed by atoms with Crippen molar-refractivity contribution in [2.24, 2.45) is 5.92 Å². The molecule has 4 heterocycles. The summed E-state index contributed by atoms with van der Waals surface area (Å²) in [6.07, 6.45) is 6.92. The molecule has 0 bridgehead atoms. The number of aromatic nitrogens is 3. The molecule has 176 valence electrons. The van der Waals surface area contributed by atoms with E-state index in [1.54, 1.807) is 32.8 Å². The largest absolute Gasteiger partial charge is 0.481 e. The molecule has 0 radical (unpaired) electrons. The van der Waals surface area contributed by atoms with Gasteiger partial charge in [-0.15, -0.1) is 0 Å². The smallest absolute Gasteiger partial charge is 0.233 e. The third-order valence-corrected chi connectivity index (χ3v) is 6.95. The molecule has 2 aromatic heterocycles. The molecule has 1 unspecified atom stereocenters. The van der Waals surface area contributed by atoms with Gasteiger partial charge >= 0.3 is 0 Å². The summed E-state index contributed by atoms with van der Waals surface area (Å²) in [4.78, 5) is 15.5. The van der Waals surface area contributed by atoms with Crippen LogP contribution in [0.2, 0.25) is 5.02 Å². The molecule has 4 rings (SSSR count). The van der Waals surface area contributed by atoms with E-state index in [9.17, 15) is 5.26 Å². The average Bonchev–Trinajstić information content (AvgIpc) is 3.25. The molecular formula is C23H29ClN6O3. The molecule has 0 aliphatic carbocycles. The average molecular weight is 473 g/mol. The number of anilines is 1. The maximum atomic E-state index is 9.20. The molecule has 0 aromatic carbocycles. The zero-order valence-corrected chi connectivity index (χ0v) is 19.9. The summed E-state index contributed by atoms with van der Waals surface area (Å²) in [6, 6.07) is 4.15. The topological polar surface area (TPSA) is 105 Å². The first-order valence-corrected chi connectivity index (χ1v) is 11.5. The van der Waals surface area contributed by atoms with Gasteiger partial charge in [-0.2, -0.15) is 5.26 Å². The van der Waals surface area contributed by atoms with Gasteiger partial charge in [0.15, 0.2) is 0 Å². The van der Waals surface area contributed by atoms with E-state index in [-0.39, 0.29) is 18.1 Å². The first-order chi connectivity index (χ1) is 16.0. The van der Waals surface area contributed by atoms with Gasteiger partial charge in [-0.05, 0) is 13.0 Å². The van der Waals surface area contributed by atoms with Crippen LogP contribution in [0.5, 0.6) is 11.8 Å². The number of rotatable bonds is 7. The second-order valence-corrected chi connectivity index (χ2v) is 8.94. The summed E-state index contributed by atoms with van der Waals surface area (Å²) in [5.41, 5.74) is 0.125. The van der Waals surface area contributed by atoms with Crippen molar-refractivity contribution in [3.63, 3.8) is 0 Å². The van der Waals surface area contributed by atoms with Crippen LogP contribution < -0.4 is 19.7 Å². The molecule has 2 saturated heterocycles. The number of hydrogen-bond donors (Lipinski definition) is 1. The van der Waals surface area contributed by atoms with Gasteiger partial charge in [0.05, 0.1) is 43.1 Å². The Morgan fingerprint density at radius 2 is 2.06 bits per heavy atom. The number of nitrogens with one attached hydrogen (secondary N) is 1. The predicted molar refractivity (Wildman–Crippen MR) is 124 cm³/mol. The third-order valence-electron chi connectivity index (χ3n) is 6.65. The summed E-state index contributed by atoms with van der Waals surface area (Å²) in [5.74, 6) is 1.71. The number of pyridine rings is 1. The highest BCUT2D eigenvalue weighted by Crippen LogP contribution is 2.43. The van der Waals surface area contributed by atoms with Crippen LogP contribution in [0.1, 0.15) is 31.7 Å². The summed E-state index contributed by atoms with van der Waals surface area (Å²) in [7, 11) is 3.27. The maximum absolute atomic E-state index is 9.20. The molecule has 2 aliphatic heterocycles. The van der Waals surface area contributed by atoms with E-state index in [1.165, 1.54) is 0 Å². The molecule has 2 aromatic rings. The molecule has 2 aliphatic rings. The SMILES string of the molecule is COc1cc([C@@]2(Oc3cnc(N4C[C@H](OC)CC4CC#N)cn3)CCNC[C@H]2C)c(Cl)cn1. The number of nitriles is 1. The third kappa shape index (κ3) is 4.69. The Kier molecular flexibility index (Phi) is 7.17. The second-order valence-electron chi connectivity index (χ2n) is 8.53. The summed E-state index contributed by atoms with van der Waals surface area (Å²) in [6.45, 7) is 4.35. The fourth-order valence-corrected chi connectivity index (χ4v) is 5.05. The van der Waals surface area contributed by atoms with Crippen LogP contribution in [-0.2, 0) is 10.3 Å². The fraction of sp³-hybridized carbons (Fsp3) is 0.565. The Hall–Kier alpha value is -2.67. The number of piperidine rings is 1. The minimum atomic E-state index is -0.702. The van der Waals surface area contributed by atoms with Gasteiger partial charge in [0.1, 0.15) is 11.4 Å². The zero-order chi connectivity index (χ0) is 23.4. The molecule has 0 saturated carbocycles. The highest BCUT2D eigenvalue weighted by molar-refractivity contribution is 6.31. The van der Waals surface area contributed by atoms with Crippen LogP contribution in [0.3, 0.4) is 0 Å². The van der Waals surface area contributed by atoms with E-state index in [4.69, 9.17) is 25.8 Å². The Morgan fingerprint density at radius 3 is 2.73 bits per heavy atom. The summed E-state index contributed by atoms with van der Waals surface area (Å²) >= 11 is 6.59. The highest BCUT2D eigenvalue weighted by Gasteiger charge is 2.44. The van der Waals surface area contributed by atoms with Crippen molar-refractivity contribution in [1.82, 2.24) is 20.3 Å². The Morgan fingerprint density at radius 1 is 1.24 bits per heavy atom. The summed E-state index contributed by atoms with van der Waals surface area (Å²) < 4.78 is 17.4. The monoisotopic (exact) mass is 472 g/mol. The number of halogens is 1. The lowest BCUT2D eigenvalue weighted by Gasteiger charge is -2.43. The molecular weight excluding hydrogens is 444 g/mol. The van der Waals surface area contributed by atoms with Gasteiger partial charge < -0.3 is 24.4 Å². The van der Waals surface area contributed by atoms with Crippen molar-refractivity contribution in [3.8, 4) is 17.8 Å². The molecule has 0 spiro atoms. The van der Waals surface area contributed by atoms with Crippen LogP contribution in [-0.4, -0.2) is 61.0 Å². The Labute approximate surface area is 199 Å². The molecule has 0 amide bonds. The standard InChI is InChI=1S/C23H29ClN6O3/c1-15-10-26-7-5-23(15,18-9-21(32-3)28-11-19(18)24)33-22-13-27-20(12-29-22)30-14-17(31-2)8-16(30)4-6-25/h9,11-13,15-17,26H,4-5,7-8,10,14H2,1-3H3/t15-,16?,17-,23-/m1/s1. The molecule has 1 N–H and O–H groups in total. The molecule has 2 fully saturated rings. The van der Waals surface area contributed by atoms with Crippen molar-refractivity contribution < 1.29 is 14.2 Å². The van der Waals surface area contributed by atoms with Gasteiger partial charge in [-0.25, -0.2) is 15.0 Å². The van der Waals surface area contributed by atoms with Crippen molar-refractivity contribution in [2.75, 3.05) is 38.8 Å². The Bertz CT molecular complexity index is 1000. The minimum absolute atomic E-state index is 0.0555. The fourth-order valence-electron chi connectivity index (χ4n) is 4.79. The van der Waals surface area contributed by atoms with E-state index >= 15 is 0 Å². The lowest BCUT2D eigenvalue weighted by atomic mass is 9.77. The van der Waals surface area contributed by atoms with E-state index in [0.29, 0.717) is 42.0 Å². The maximum Gasteiger partial charge on any atom is 0.233 e. The quantitative estimate of drug-likeness (QED) is 0.650. The van der Waals surface area contributed by atoms with Crippen LogP contribution in [0, 0.1) is 17.2 Å². The van der Waals surface area contributed by atoms with E-state index in [1.807, 2.05) is 6.07 Å². The first kappa shape index (κ1) is 23.5. The van der Waals surface area contributed by atoms with Gasteiger partial charge in [0.25, 0.3) is 0 Å². The number of ether oxygens (including phenoxy) is 3. The number of hydrogen-bond acceptors (Lipinski definition) is 9. The van der Waals surface area contributed by atoms with Crippen LogP contribution in [0.4, 0.5) is 5.82 Å². The van der Waals surface area contributed by atoms with Crippen molar-refractivity contribution in [3.05, 3.63) is 35.2 Å². The van der Waals surface area contributed by atoms with E-state index in [0.717, 1.165) is 25.1 Å². The van der Waals surface area contributed by atoms with E-state index in [2.05, 4.69) is 38.2 Å². The van der Waals surface area contributed by atoms with E-state index < -0.39 is 5.60 Å². The normalized spacial score (nSPS) is 27.2. The molecule has 9 nitrogen and oxygen atoms in total. The van der Waals surface area contributed by atoms with Gasteiger partial charge in [0, 0.05) is 56.4 Å². The molecule has 10 heteroatoms. The predicted octanol–water partition coefficient (Wildman–Crippen LogP) is 2.94. The molecule has 4 atom stereocenters. The van der Waals surface area contributed by atoms with Gasteiger partial charge in [-0.3, -0.25) is 0 Å². The highest BCUT2D eigenvalue weighted by atomic mass is 35.5. The summed E-state index contributed by atoms with van der Waals surface area (Å²) in [5, 5.41) is 13.1. The number of nitrogens with zero attached hydrogens (tertiary/aromatic N) is 5. The van der Waals surface area contributed by atoms with Gasteiger partial charge in [0.2, 0.25) is 11.8 Å². The van der Waals surface area contributed by atoms with Crippen LogP contribution in [0.15, 0.2) is 24.7 Å². The molecule has 33 heavy (non-hydrogen) atoms. The van der Waals surface area contributed by atoms with Crippen molar-refractivity contribution in [2.45, 2.75) is 43.9 Å². The van der Waals surface area contributed by atoms with Crippen LogP contribution >= 0.6 is 11.6 Å². The minimum Gasteiger partial charge on any atom is -0.481 e. The van der Waals surface area contributed by atoms with Crippen molar-refractivity contribution in [1.29, 1.82) is 5.26 Å². The zero-order valence-electron chi connectivity index (χ0n) is 19.1. The lowest BCUT2D eigenvalue weighted by Crippen LogP contribution is -2.51. The van der Waals surface area contributed by atoms with Gasteiger partial charge in [-0.1, -0.05) is 18.5 Å². The van der Waals surface area contributed by atoms with Crippen LogP contribution in [0.25, 0.3) is 0 Å². The second kappa shape index (κ2) is 10.1.